The fourth-order valence-electron chi connectivity index (χ4n) is 0.973. The summed E-state index contributed by atoms with van der Waals surface area (Å²) in [6, 6.07) is 1.13. The van der Waals surface area contributed by atoms with Gasteiger partial charge in [0.15, 0.2) is 0 Å². The third kappa shape index (κ3) is 3.37. The first-order valence-corrected chi connectivity index (χ1v) is 5.09. The quantitative estimate of drug-likeness (QED) is 0.895. The molecule has 0 saturated heterocycles. The highest BCUT2D eigenvalue weighted by Crippen LogP contribution is 2.32. The van der Waals surface area contributed by atoms with Gasteiger partial charge in [-0.25, -0.2) is 4.98 Å². The van der Waals surface area contributed by atoms with Crippen LogP contribution in [0.15, 0.2) is 16.7 Å². The van der Waals surface area contributed by atoms with Crippen LogP contribution in [0.5, 0.6) is 0 Å². The Morgan fingerprint density at radius 2 is 2.00 bits per heavy atom. The lowest BCUT2D eigenvalue weighted by molar-refractivity contribution is -0.137. The number of hydrogen-bond donors (Lipinski definition) is 1. The summed E-state index contributed by atoms with van der Waals surface area (Å²) < 4.78 is 37.2. The Balaban J connectivity index is 2.98. The third-order valence-corrected chi connectivity index (χ3v) is 2.20. The van der Waals surface area contributed by atoms with Crippen molar-refractivity contribution in [3.8, 4) is 0 Å². The van der Waals surface area contributed by atoms with E-state index >= 15 is 0 Å². The Kier molecular flexibility index (Phi) is 3.59. The summed E-state index contributed by atoms with van der Waals surface area (Å²) in [6.07, 6.45) is -3.54. The molecule has 6 heteroatoms. The van der Waals surface area contributed by atoms with E-state index in [2.05, 4.69) is 26.2 Å². The number of nitrogens with one attached hydrogen (secondary N) is 1. The molecule has 0 aromatic carbocycles. The standard InChI is InChI=1S/C9H10BrF3N2/c1-5(2)15-8-7(10)3-6(4-14-8)9(11,12)13/h3-5H,1-2H3,(H,14,15). The minimum absolute atomic E-state index is 0.116. The number of nitrogens with zero attached hydrogens (tertiary/aromatic N) is 1. The maximum atomic E-state index is 12.3. The number of halogens is 4. The second-order valence-corrected chi connectivity index (χ2v) is 4.21. The zero-order valence-corrected chi connectivity index (χ0v) is 9.78. The first kappa shape index (κ1) is 12.3. The zero-order valence-electron chi connectivity index (χ0n) is 8.19. The van der Waals surface area contributed by atoms with Gasteiger partial charge < -0.3 is 5.32 Å². The van der Waals surface area contributed by atoms with E-state index < -0.39 is 11.7 Å². The molecule has 84 valence electrons. The van der Waals surface area contributed by atoms with Crippen LogP contribution in [0.3, 0.4) is 0 Å². The fraction of sp³-hybridized carbons (Fsp3) is 0.444. The second-order valence-electron chi connectivity index (χ2n) is 3.35. The van der Waals surface area contributed by atoms with Gasteiger partial charge in [0, 0.05) is 12.2 Å². The zero-order chi connectivity index (χ0) is 11.6. The lowest BCUT2D eigenvalue weighted by atomic mass is 10.2. The summed E-state index contributed by atoms with van der Waals surface area (Å²) >= 11 is 3.04. The van der Waals surface area contributed by atoms with Crippen molar-refractivity contribution in [2.75, 3.05) is 5.32 Å². The van der Waals surface area contributed by atoms with Gasteiger partial charge in [0.25, 0.3) is 0 Å². The van der Waals surface area contributed by atoms with Crippen molar-refractivity contribution in [3.63, 3.8) is 0 Å². The van der Waals surface area contributed by atoms with Crippen molar-refractivity contribution >= 4 is 21.7 Å². The molecule has 0 bridgehead atoms. The van der Waals surface area contributed by atoms with Crippen LogP contribution in [0.2, 0.25) is 0 Å². The normalized spacial score (nSPS) is 11.9. The number of hydrogen-bond acceptors (Lipinski definition) is 2. The molecule has 1 aromatic rings. The van der Waals surface area contributed by atoms with Crippen molar-refractivity contribution in [3.05, 3.63) is 22.3 Å². The monoisotopic (exact) mass is 282 g/mol. The molecule has 1 rings (SSSR count). The van der Waals surface area contributed by atoms with Crippen molar-refractivity contribution in [2.24, 2.45) is 0 Å². The molecule has 0 atom stereocenters. The van der Waals surface area contributed by atoms with Gasteiger partial charge in [-0.05, 0) is 35.8 Å². The van der Waals surface area contributed by atoms with Crippen LogP contribution in [0, 0.1) is 0 Å². The van der Waals surface area contributed by atoms with E-state index in [1.165, 1.54) is 0 Å². The molecule has 0 amide bonds. The highest BCUT2D eigenvalue weighted by atomic mass is 79.9. The Labute approximate surface area is 94.0 Å². The van der Waals surface area contributed by atoms with Crippen LogP contribution in [-0.2, 0) is 6.18 Å². The smallest absolute Gasteiger partial charge is 0.367 e. The molecule has 0 radical (unpaired) electrons. The summed E-state index contributed by atoms with van der Waals surface area (Å²) in [6.45, 7) is 3.76. The molecule has 0 fully saturated rings. The summed E-state index contributed by atoms with van der Waals surface area (Å²) in [5, 5.41) is 2.93. The van der Waals surface area contributed by atoms with Gasteiger partial charge >= 0.3 is 6.18 Å². The summed E-state index contributed by atoms with van der Waals surface area (Å²) in [7, 11) is 0. The molecule has 0 saturated carbocycles. The predicted octanol–water partition coefficient (Wildman–Crippen LogP) is 3.68. The number of anilines is 1. The number of rotatable bonds is 2. The van der Waals surface area contributed by atoms with Crippen LogP contribution in [-0.4, -0.2) is 11.0 Å². The lowest BCUT2D eigenvalue weighted by Crippen LogP contribution is -2.13. The highest BCUT2D eigenvalue weighted by molar-refractivity contribution is 9.10. The first-order chi connectivity index (χ1) is 6.80. The molecule has 1 aromatic heterocycles. The molecule has 0 aliphatic heterocycles. The van der Waals surface area contributed by atoms with Gasteiger partial charge in [0.1, 0.15) is 5.82 Å². The topological polar surface area (TPSA) is 24.9 Å². The van der Waals surface area contributed by atoms with Crippen LogP contribution in [0.1, 0.15) is 19.4 Å². The van der Waals surface area contributed by atoms with Gasteiger partial charge in [-0.2, -0.15) is 13.2 Å². The third-order valence-electron chi connectivity index (χ3n) is 1.59. The van der Waals surface area contributed by atoms with E-state index in [0.717, 1.165) is 12.3 Å². The van der Waals surface area contributed by atoms with E-state index in [1.807, 2.05) is 13.8 Å². The van der Waals surface area contributed by atoms with E-state index in [1.54, 1.807) is 0 Å². The van der Waals surface area contributed by atoms with Crippen molar-refractivity contribution < 1.29 is 13.2 Å². The Hall–Kier alpha value is -0.780. The largest absolute Gasteiger partial charge is 0.417 e. The molecule has 2 nitrogen and oxygen atoms in total. The summed E-state index contributed by atoms with van der Waals surface area (Å²) in [4.78, 5) is 3.71. The van der Waals surface area contributed by atoms with Crippen LogP contribution in [0.4, 0.5) is 19.0 Å². The average molecular weight is 283 g/mol. The van der Waals surface area contributed by atoms with Gasteiger partial charge in [0.05, 0.1) is 10.0 Å². The maximum absolute atomic E-state index is 12.3. The highest BCUT2D eigenvalue weighted by Gasteiger charge is 2.31. The molecular weight excluding hydrogens is 273 g/mol. The van der Waals surface area contributed by atoms with Gasteiger partial charge in [-0.3, -0.25) is 0 Å². The molecule has 1 N–H and O–H groups in total. The summed E-state index contributed by atoms with van der Waals surface area (Å²) in [5.41, 5.74) is -0.760. The number of alkyl halides is 3. The van der Waals surface area contributed by atoms with E-state index in [4.69, 9.17) is 0 Å². The van der Waals surface area contributed by atoms with Crippen LogP contribution < -0.4 is 5.32 Å². The number of aromatic nitrogens is 1. The average Bonchev–Trinajstić information content (AvgIpc) is 2.05. The van der Waals surface area contributed by atoms with Crippen molar-refractivity contribution in [1.82, 2.24) is 4.98 Å². The van der Waals surface area contributed by atoms with E-state index in [0.29, 0.717) is 10.3 Å². The van der Waals surface area contributed by atoms with Crippen LogP contribution in [0.25, 0.3) is 0 Å². The molecular formula is C9H10BrF3N2. The van der Waals surface area contributed by atoms with Gasteiger partial charge in [-0.1, -0.05) is 0 Å². The molecule has 1 heterocycles. The van der Waals surface area contributed by atoms with E-state index in [9.17, 15) is 13.2 Å². The maximum Gasteiger partial charge on any atom is 0.417 e. The molecule has 0 unspecified atom stereocenters. The molecule has 0 spiro atoms. The van der Waals surface area contributed by atoms with E-state index in [-0.39, 0.29) is 6.04 Å². The Morgan fingerprint density at radius 3 is 2.40 bits per heavy atom. The van der Waals surface area contributed by atoms with Gasteiger partial charge in [-0.15, -0.1) is 0 Å². The predicted molar refractivity (Wildman–Crippen MR) is 55.7 cm³/mol. The minimum Gasteiger partial charge on any atom is -0.367 e. The SMILES string of the molecule is CC(C)Nc1ncc(C(F)(F)F)cc1Br. The van der Waals surface area contributed by atoms with Gasteiger partial charge in [0.2, 0.25) is 0 Å². The minimum atomic E-state index is -4.36. The molecule has 15 heavy (non-hydrogen) atoms. The first-order valence-electron chi connectivity index (χ1n) is 4.30. The molecule has 0 aliphatic rings. The Morgan fingerprint density at radius 1 is 1.40 bits per heavy atom. The number of pyridine rings is 1. The Bertz CT molecular complexity index is 350. The lowest BCUT2D eigenvalue weighted by Gasteiger charge is -2.12. The van der Waals surface area contributed by atoms with Crippen molar-refractivity contribution in [2.45, 2.75) is 26.1 Å². The molecule has 0 aliphatic carbocycles. The van der Waals surface area contributed by atoms with Crippen molar-refractivity contribution in [1.29, 1.82) is 0 Å². The second kappa shape index (κ2) is 4.38. The van der Waals surface area contributed by atoms with Crippen LogP contribution >= 0.6 is 15.9 Å². The summed E-state index contributed by atoms with van der Waals surface area (Å²) in [5.74, 6) is 0.415. The fourth-order valence-corrected chi connectivity index (χ4v) is 1.44.